The van der Waals surface area contributed by atoms with Gasteiger partial charge in [-0.25, -0.2) is 0 Å². The molecule has 100 valence electrons. The number of hydrogen-bond acceptors (Lipinski definition) is 2. The molecule has 0 radical (unpaired) electrons. The predicted molar refractivity (Wildman–Crippen MR) is 79.3 cm³/mol. The van der Waals surface area contributed by atoms with E-state index in [9.17, 15) is 0 Å². The van der Waals surface area contributed by atoms with Crippen molar-refractivity contribution in [1.82, 2.24) is 0 Å². The Hall–Kier alpha value is -1.35. The van der Waals surface area contributed by atoms with Crippen LogP contribution in [0.3, 0.4) is 0 Å². The van der Waals surface area contributed by atoms with Crippen molar-refractivity contribution >= 4 is 11.6 Å². The molecule has 2 rings (SSSR count). The Morgan fingerprint density at radius 1 is 0.947 bits per heavy atom. The van der Waals surface area contributed by atoms with E-state index < -0.39 is 0 Å². The summed E-state index contributed by atoms with van der Waals surface area (Å²) in [6, 6.07) is 18.4. The summed E-state index contributed by atoms with van der Waals surface area (Å²) < 4.78 is 5.87. The zero-order valence-corrected chi connectivity index (χ0v) is 11.5. The van der Waals surface area contributed by atoms with Gasteiger partial charge in [0.1, 0.15) is 6.10 Å². The van der Waals surface area contributed by atoms with Crippen LogP contribution in [0.5, 0.6) is 0 Å². The summed E-state index contributed by atoms with van der Waals surface area (Å²) in [5.41, 5.74) is 8.99. The summed E-state index contributed by atoms with van der Waals surface area (Å²) in [4.78, 5) is 0. The normalized spacial score (nSPS) is 12.3. The van der Waals surface area contributed by atoms with Crippen LogP contribution in [0.1, 0.15) is 22.8 Å². The second-order valence-corrected chi connectivity index (χ2v) is 4.67. The van der Waals surface area contributed by atoms with Gasteiger partial charge in [0, 0.05) is 12.4 Å². The molecule has 2 N–H and O–H groups in total. The van der Waals surface area contributed by atoms with Crippen molar-refractivity contribution in [3.63, 3.8) is 0 Å². The molecule has 0 spiro atoms. The third-order valence-corrected chi connectivity index (χ3v) is 3.14. The zero-order valence-electron chi connectivity index (χ0n) is 10.8. The number of benzene rings is 2. The molecule has 2 nitrogen and oxygen atoms in total. The Balaban J connectivity index is 2.26. The molecule has 1 atom stereocenters. The number of rotatable bonds is 6. The van der Waals surface area contributed by atoms with Crippen LogP contribution >= 0.6 is 11.6 Å². The van der Waals surface area contributed by atoms with E-state index in [1.54, 1.807) is 0 Å². The van der Waals surface area contributed by atoms with Crippen LogP contribution in [-0.2, 0) is 11.3 Å². The third-order valence-electron chi connectivity index (χ3n) is 2.98. The highest BCUT2D eigenvalue weighted by Crippen LogP contribution is 2.26. The maximum atomic E-state index is 5.87. The molecule has 0 saturated carbocycles. The third kappa shape index (κ3) is 3.80. The van der Waals surface area contributed by atoms with E-state index in [1.807, 2.05) is 30.3 Å². The molecule has 2 aromatic carbocycles. The fourth-order valence-electron chi connectivity index (χ4n) is 2.00. The van der Waals surface area contributed by atoms with Gasteiger partial charge >= 0.3 is 0 Å². The molecule has 0 fully saturated rings. The van der Waals surface area contributed by atoms with Gasteiger partial charge in [-0.15, -0.1) is 11.6 Å². The molecule has 1 unspecified atom stereocenters. The maximum absolute atomic E-state index is 5.87. The van der Waals surface area contributed by atoms with Crippen LogP contribution in [0.25, 0.3) is 0 Å². The largest absolute Gasteiger partial charge is 0.368 e. The van der Waals surface area contributed by atoms with Gasteiger partial charge in [-0.3, -0.25) is 0 Å². The Morgan fingerprint density at radius 2 is 1.58 bits per heavy atom. The maximum Gasteiger partial charge on any atom is 0.108 e. The highest BCUT2D eigenvalue weighted by Gasteiger charge is 2.14. The smallest absolute Gasteiger partial charge is 0.108 e. The molecule has 19 heavy (non-hydrogen) atoms. The van der Waals surface area contributed by atoms with Crippen molar-refractivity contribution in [2.75, 3.05) is 12.5 Å². The van der Waals surface area contributed by atoms with Gasteiger partial charge < -0.3 is 10.5 Å². The van der Waals surface area contributed by atoms with Crippen LogP contribution in [0.4, 0.5) is 0 Å². The first-order valence-electron chi connectivity index (χ1n) is 6.36. The molecule has 0 heterocycles. The van der Waals surface area contributed by atoms with Gasteiger partial charge in [0.25, 0.3) is 0 Å². The van der Waals surface area contributed by atoms with E-state index in [2.05, 4.69) is 24.3 Å². The van der Waals surface area contributed by atoms with E-state index in [-0.39, 0.29) is 6.10 Å². The SMILES string of the molecule is NCc1ccc(C(OCCCl)c2ccccc2)cc1. The van der Waals surface area contributed by atoms with Crippen LogP contribution in [0, 0.1) is 0 Å². The highest BCUT2D eigenvalue weighted by atomic mass is 35.5. The second-order valence-electron chi connectivity index (χ2n) is 4.30. The van der Waals surface area contributed by atoms with Gasteiger partial charge in [0.15, 0.2) is 0 Å². The number of alkyl halides is 1. The summed E-state index contributed by atoms with van der Waals surface area (Å²) in [5.74, 6) is 0.490. The van der Waals surface area contributed by atoms with Crippen LogP contribution < -0.4 is 5.73 Å². The molecule has 0 aliphatic rings. The Morgan fingerprint density at radius 3 is 2.16 bits per heavy atom. The van der Waals surface area contributed by atoms with Crippen LogP contribution in [0.15, 0.2) is 54.6 Å². The first-order chi connectivity index (χ1) is 9.35. The fourth-order valence-corrected chi connectivity index (χ4v) is 2.09. The van der Waals surface area contributed by atoms with Gasteiger partial charge in [0.2, 0.25) is 0 Å². The monoisotopic (exact) mass is 275 g/mol. The van der Waals surface area contributed by atoms with E-state index >= 15 is 0 Å². The van der Waals surface area contributed by atoms with Crippen LogP contribution in [-0.4, -0.2) is 12.5 Å². The Bertz CT molecular complexity index is 484. The molecule has 0 amide bonds. The lowest BCUT2D eigenvalue weighted by molar-refractivity contribution is 0.0929. The molecule has 0 saturated heterocycles. The lowest BCUT2D eigenvalue weighted by Crippen LogP contribution is -2.08. The van der Waals surface area contributed by atoms with E-state index in [0.29, 0.717) is 19.0 Å². The molecular formula is C16H18ClNO. The Kier molecular flexibility index (Phi) is 5.40. The molecule has 0 aliphatic heterocycles. The average molecular weight is 276 g/mol. The molecule has 0 aliphatic carbocycles. The average Bonchev–Trinajstić information content (AvgIpc) is 2.49. The summed E-state index contributed by atoms with van der Waals surface area (Å²) >= 11 is 5.73. The molecule has 2 aromatic rings. The molecule has 0 bridgehead atoms. The summed E-state index contributed by atoms with van der Waals surface area (Å²) in [6.45, 7) is 1.08. The number of hydrogen-bond donors (Lipinski definition) is 1. The van der Waals surface area contributed by atoms with Gasteiger partial charge in [0.05, 0.1) is 6.61 Å². The number of nitrogens with two attached hydrogens (primary N) is 1. The topological polar surface area (TPSA) is 35.2 Å². The van der Waals surface area contributed by atoms with E-state index in [1.165, 1.54) is 0 Å². The predicted octanol–water partition coefficient (Wildman–Crippen LogP) is 3.49. The van der Waals surface area contributed by atoms with Crippen molar-refractivity contribution in [3.8, 4) is 0 Å². The van der Waals surface area contributed by atoms with Crippen molar-refractivity contribution < 1.29 is 4.74 Å². The highest BCUT2D eigenvalue weighted by molar-refractivity contribution is 6.17. The molecule has 0 aromatic heterocycles. The lowest BCUT2D eigenvalue weighted by atomic mass is 10.00. The lowest BCUT2D eigenvalue weighted by Gasteiger charge is -2.18. The van der Waals surface area contributed by atoms with Crippen molar-refractivity contribution in [2.45, 2.75) is 12.6 Å². The summed E-state index contributed by atoms with van der Waals surface area (Å²) in [5, 5.41) is 0. The van der Waals surface area contributed by atoms with Gasteiger partial charge in [-0.2, -0.15) is 0 Å². The van der Waals surface area contributed by atoms with Crippen molar-refractivity contribution in [1.29, 1.82) is 0 Å². The van der Waals surface area contributed by atoms with Crippen molar-refractivity contribution in [2.24, 2.45) is 5.73 Å². The second kappa shape index (κ2) is 7.29. The number of ether oxygens (including phenoxy) is 1. The minimum atomic E-state index is -0.0771. The molecule has 3 heteroatoms. The summed E-state index contributed by atoms with van der Waals surface area (Å²) in [6.07, 6.45) is -0.0771. The zero-order chi connectivity index (χ0) is 13.5. The molecular weight excluding hydrogens is 258 g/mol. The standard InChI is InChI=1S/C16H18ClNO/c17-10-11-19-16(14-4-2-1-3-5-14)15-8-6-13(12-18)7-9-15/h1-9,16H,10-12,18H2. The first kappa shape index (κ1) is 14.1. The van der Waals surface area contributed by atoms with E-state index in [0.717, 1.165) is 16.7 Å². The van der Waals surface area contributed by atoms with Crippen molar-refractivity contribution in [3.05, 3.63) is 71.3 Å². The van der Waals surface area contributed by atoms with Crippen LogP contribution in [0.2, 0.25) is 0 Å². The first-order valence-corrected chi connectivity index (χ1v) is 6.90. The number of halogens is 1. The van der Waals surface area contributed by atoms with E-state index in [4.69, 9.17) is 22.1 Å². The Labute approximate surface area is 119 Å². The summed E-state index contributed by atoms with van der Waals surface area (Å²) in [7, 11) is 0. The quantitative estimate of drug-likeness (QED) is 0.819. The minimum Gasteiger partial charge on any atom is -0.368 e. The minimum absolute atomic E-state index is 0.0771. The van der Waals surface area contributed by atoms with Gasteiger partial charge in [-0.05, 0) is 16.7 Å². The van der Waals surface area contributed by atoms with Gasteiger partial charge in [-0.1, -0.05) is 54.6 Å². The fraction of sp³-hybridized carbons (Fsp3) is 0.250.